The molecule has 0 bridgehead atoms. The molecule has 0 saturated heterocycles. The van der Waals surface area contributed by atoms with Gasteiger partial charge in [-0.05, 0) is 59.2 Å². The van der Waals surface area contributed by atoms with Crippen molar-refractivity contribution in [3.63, 3.8) is 0 Å². The first-order chi connectivity index (χ1) is 14.2. The largest absolute Gasteiger partial charge is 0.348 e. The number of carbonyl (C=O) groups excluding carboxylic acids is 1. The van der Waals surface area contributed by atoms with Gasteiger partial charge in [-0.25, -0.2) is 4.39 Å². The maximum atomic E-state index is 13.1. The molecular weight excluding hydrogens is 365 g/mol. The van der Waals surface area contributed by atoms with E-state index in [4.69, 9.17) is 0 Å². The molecule has 0 aliphatic carbocycles. The van der Waals surface area contributed by atoms with Crippen LogP contribution in [0.4, 0.5) is 4.39 Å². The Balaban J connectivity index is 1.46. The van der Waals surface area contributed by atoms with Crippen molar-refractivity contribution in [3.05, 3.63) is 108 Å². The first kappa shape index (κ1) is 18.5. The molecule has 0 atom stereocenters. The van der Waals surface area contributed by atoms with Crippen LogP contribution < -0.4 is 5.32 Å². The third-order valence-corrected chi connectivity index (χ3v) is 4.61. The van der Waals surface area contributed by atoms with Crippen LogP contribution in [0.5, 0.6) is 0 Å². The van der Waals surface area contributed by atoms with Gasteiger partial charge < -0.3 is 5.32 Å². The minimum Gasteiger partial charge on any atom is -0.348 e. The number of halogens is 1. The first-order valence-corrected chi connectivity index (χ1v) is 9.19. The van der Waals surface area contributed by atoms with Crippen LogP contribution in [-0.2, 0) is 6.54 Å². The maximum Gasteiger partial charge on any atom is 0.251 e. The zero-order chi connectivity index (χ0) is 20.1. The minimum absolute atomic E-state index is 0.166. The van der Waals surface area contributed by atoms with Crippen LogP contribution in [0.2, 0.25) is 0 Å². The molecule has 0 unspecified atom stereocenters. The smallest absolute Gasteiger partial charge is 0.251 e. The van der Waals surface area contributed by atoms with Crippen LogP contribution in [0.1, 0.15) is 15.9 Å². The van der Waals surface area contributed by atoms with Crippen LogP contribution in [-0.4, -0.2) is 15.9 Å². The molecule has 4 rings (SSSR count). The number of hydrogen-bond acceptors (Lipinski definition) is 3. The fourth-order valence-corrected chi connectivity index (χ4v) is 3.08. The Bertz CT molecular complexity index is 1110. The lowest BCUT2D eigenvalue weighted by molar-refractivity contribution is 0.0951. The Morgan fingerprint density at radius 3 is 2.14 bits per heavy atom. The molecule has 2 aromatic carbocycles. The van der Waals surface area contributed by atoms with Crippen LogP contribution in [0.3, 0.4) is 0 Å². The number of rotatable bonds is 5. The van der Waals surface area contributed by atoms with Gasteiger partial charge in [-0.15, -0.1) is 0 Å². The molecule has 0 aliphatic heterocycles. The molecule has 0 saturated carbocycles. The monoisotopic (exact) mass is 383 g/mol. The van der Waals surface area contributed by atoms with Crippen molar-refractivity contribution in [1.82, 2.24) is 15.3 Å². The van der Waals surface area contributed by atoms with E-state index in [0.717, 1.165) is 27.9 Å². The van der Waals surface area contributed by atoms with Crippen LogP contribution >= 0.6 is 0 Å². The van der Waals surface area contributed by atoms with E-state index < -0.39 is 0 Å². The number of hydrogen-bond donors (Lipinski definition) is 1. The highest BCUT2D eigenvalue weighted by molar-refractivity contribution is 5.94. The molecule has 1 N–H and O–H groups in total. The molecule has 29 heavy (non-hydrogen) atoms. The molecule has 1 amide bonds. The number of nitrogens with zero attached hydrogens (tertiary/aromatic N) is 2. The molecular formula is C24H18FN3O. The Morgan fingerprint density at radius 2 is 1.45 bits per heavy atom. The number of pyridine rings is 2. The molecule has 4 aromatic rings. The summed E-state index contributed by atoms with van der Waals surface area (Å²) in [5.41, 5.74) is 5.08. The van der Waals surface area contributed by atoms with Crippen molar-refractivity contribution in [2.24, 2.45) is 0 Å². The number of nitrogens with one attached hydrogen (secondary N) is 1. The average Bonchev–Trinajstić information content (AvgIpc) is 2.79. The van der Waals surface area contributed by atoms with Crippen LogP contribution in [0.15, 0.2) is 91.4 Å². The SMILES string of the molecule is O=C(NCc1cccnc1-c1ccncc1)c1ccc(-c2ccc(F)cc2)cc1. The van der Waals surface area contributed by atoms with E-state index in [2.05, 4.69) is 15.3 Å². The summed E-state index contributed by atoms with van der Waals surface area (Å²) >= 11 is 0. The standard InChI is InChI=1S/C24H18FN3O/c25-22-9-7-18(8-10-22)17-3-5-20(6-4-17)24(29)28-16-21-2-1-13-27-23(21)19-11-14-26-15-12-19/h1-15H,16H2,(H,28,29). The predicted octanol–water partition coefficient (Wildman–Crippen LogP) is 4.88. The normalized spacial score (nSPS) is 10.5. The number of carbonyl (C=O) groups is 1. The van der Waals surface area contributed by atoms with Gasteiger partial charge in [0.05, 0.1) is 5.69 Å². The Labute approximate surface area is 168 Å². The Hall–Kier alpha value is -3.86. The van der Waals surface area contributed by atoms with E-state index in [1.807, 2.05) is 36.4 Å². The number of aromatic nitrogens is 2. The van der Waals surface area contributed by atoms with Crippen molar-refractivity contribution in [1.29, 1.82) is 0 Å². The Morgan fingerprint density at radius 1 is 0.793 bits per heavy atom. The highest BCUT2D eigenvalue weighted by atomic mass is 19.1. The van der Waals surface area contributed by atoms with Gasteiger partial charge in [0.25, 0.3) is 5.91 Å². The average molecular weight is 383 g/mol. The van der Waals surface area contributed by atoms with Crippen molar-refractivity contribution in [2.45, 2.75) is 6.54 Å². The number of benzene rings is 2. The molecule has 2 aromatic heterocycles. The lowest BCUT2D eigenvalue weighted by Gasteiger charge is -2.10. The second kappa shape index (κ2) is 8.44. The van der Waals surface area contributed by atoms with Crippen molar-refractivity contribution >= 4 is 5.91 Å². The summed E-state index contributed by atoms with van der Waals surface area (Å²) in [6.45, 7) is 0.365. The molecule has 4 nitrogen and oxygen atoms in total. The molecule has 0 spiro atoms. The number of amides is 1. The van der Waals surface area contributed by atoms with E-state index in [1.165, 1.54) is 12.1 Å². The van der Waals surface area contributed by atoms with E-state index in [0.29, 0.717) is 12.1 Å². The summed E-state index contributed by atoms with van der Waals surface area (Å²) in [5, 5.41) is 2.95. The van der Waals surface area contributed by atoms with E-state index in [9.17, 15) is 9.18 Å². The van der Waals surface area contributed by atoms with Gasteiger partial charge >= 0.3 is 0 Å². The highest BCUT2D eigenvalue weighted by Gasteiger charge is 2.10. The first-order valence-electron chi connectivity index (χ1n) is 9.19. The van der Waals surface area contributed by atoms with Gasteiger partial charge in [-0.1, -0.05) is 30.3 Å². The lowest BCUT2D eigenvalue weighted by atomic mass is 10.0. The van der Waals surface area contributed by atoms with Crippen molar-refractivity contribution in [3.8, 4) is 22.4 Å². The summed E-state index contributed by atoms with van der Waals surface area (Å²) in [6, 6.07) is 21.1. The lowest BCUT2D eigenvalue weighted by Crippen LogP contribution is -2.23. The fourth-order valence-electron chi connectivity index (χ4n) is 3.08. The van der Waals surface area contributed by atoms with Crippen molar-refractivity contribution in [2.75, 3.05) is 0 Å². The van der Waals surface area contributed by atoms with Gasteiger partial charge in [-0.3, -0.25) is 14.8 Å². The van der Waals surface area contributed by atoms with Crippen LogP contribution in [0, 0.1) is 5.82 Å². The summed E-state index contributed by atoms with van der Waals surface area (Å²) in [7, 11) is 0. The Kier molecular flexibility index (Phi) is 5.38. The van der Waals surface area contributed by atoms with Crippen LogP contribution in [0.25, 0.3) is 22.4 Å². The van der Waals surface area contributed by atoms with Gasteiger partial charge in [0.15, 0.2) is 0 Å². The third kappa shape index (κ3) is 4.35. The highest BCUT2D eigenvalue weighted by Crippen LogP contribution is 2.21. The molecule has 142 valence electrons. The molecule has 2 heterocycles. The summed E-state index contributed by atoms with van der Waals surface area (Å²) < 4.78 is 13.1. The topological polar surface area (TPSA) is 54.9 Å². The van der Waals surface area contributed by atoms with Gasteiger partial charge in [0.2, 0.25) is 0 Å². The molecule has 5 heteroatoms. The van der Waals surface area contributed by atoms with Gasteiger partial charge in [0.1, 0.15) is 5.82 Å². The second-order valence-electron chi connectivity index (χ2n) is 6.51. The summed E-state index contributed by atoms with van der Waals surface area (Å²) in [5.74, 6) is -0.438. The quantitative estimate of drug-likeness (QED) is 0.534. The van der Waals surface area contributed by atoms with E-state index in [1.54, 1.807) is 42.9 Å². The molecule has 0 radical (unpaired) electrons. The maximum absolute atomic E-state index is 13.1. The zero-order valence-electron chi connectivity index (χ0n) is 15.5. The van der Waals surface area contributed by atoms with E-state index in [-0.39, 0.29) is 11.7 Å². The van der Waals surface area contributed by atoms with E-state index >= 15 is 0 Å². The second-order valence-corrected chi connectivity index (χ2v) is 6.51. The summed E-state index contributed by atoms with van der Waals surface area (Å²) in [6.07, 6.45) is 5.17. The molecule has 0 fully saturated rings. The van der Waals surface area contributed by atoms with Crippen molar-refractivity contribution < 1.29 is 9.18 Å². The summed E-state index contributed by atoms with van der Waals surface area (Å²) in [4.78, 5) is 21.0. The predicted molar refractivity (Wildman–Crippen MR) is 110 cm³/mol. The fraction of sp³-hybridized carbons (Fsp3) is 0.0417. The zero-order valence-corrected chi connectivity index (χ0v) is 15.5. The third-order valence-electron chi connectivity index (χ3n) is 4.61. The molecule has 0 aliphatic rings. The minimum atomic E-state index is -0.272. The van der Waals surface area contributed by atoms with Gasteiger partial charge in [-0.2, -0.15) is 0 Å². The van der Waals surface area contributed by atoms with Gasteiger partial charge in [0, 0.05) is 36.3 Å².